The minimum atomic E-state index is -3.39. The molecule has 0 atom stereocenters. The molecule has 2 aliphatic rings. The molecule has 0 bridgehead atoms. The third-order valence-corrected chi connectivity index (χ3v) is 7.08. The first kappa shape index (κ1) is 18.2. The van der Waals surface area contributed by atoms with Crippen LogP contribution in [0.1, 0.15) is 41.6 Å². The Morgan fingerprint density at radius 3 is 2.41 bits per heavy atom. The first-order chi connectivity index (χ1) is 13.1. The number of nitrogens with zero attached hydrogens (tertiary/aromatic N) is 3. The molecule has 2 aromatic rings. The molecule has 1 aromatic carbocycles. The van der Waals surface area contributed by atoms with Gasteiger partial charge in [-0.15, -0.1) is 0 Å². The molecule has 5 nitrogen and oxygen atoms in total. The predicted molar refractivity (Wildman–Crippen MR) is 105 cm³/mol. The largest absolute Gasteiger partial charge is 0.282 e. The zero-order valence-corrected chi connectivity index (χ0v) is 16.1. The number of aromatic nitrogens is 1. The Balaban J connectivity index is 1.54. The number of hydrogen-bond acceptors (Lipinski definition) is 3. The van der Waals surface area contributed by atoms with Crippen molar-refractivity contribution in [1.82, 2.24) is 13.6 Å². The molecule has 27 heavy (non-hydrogen) atoms. The molecule has 0 radical (unpaired) electrons. The van der Waals surface area contributed by atoms with Gasteiger partial charge in [-0.2, -0.15) is 17.0 Å². The van der Waals surface area contributed by atoms with E-state index in [0.717, 1.165) is 41.6 Å². The van der Waals surface area contributed by atoms with Crippen LogP contribution in [0.4, 0.5) is 0 Å². The van der Waals surface area contributed by atoms with Gasteiger partial charge in [-0.05, 0) is 36.6 Å². The topological polar surface area (TPSA) is 53.5 Å². The Morgan fingerprint density at radius 1 is 0.889 bits per heavy atom. The molecular formula is C21H23N3O2S. The van der Waals surface area contributed by atoms with Crippen molar-refractivity contribution in [1.29, 1.82) is 0 Å². The Morgan fingerprint density at radius 2 is 1.63 bits per heavy atom. The van der Waals surface area contributed by atoms with E-state index in [1.807, 2.05) is 36.4 Å². The summed E-state index contributed by atoms with van der Waals surface area (Å²) in [7, 11) is -3.39. The van der Waals surface area contributed by atoms with Gasteiger partial charge in [0.15, 0.2) is 0 Å². The van der Waals surface area contributed by atoms with E-state index < -0.39 is 10.2 Å². The van der Waals surface area contributed by atoms with Crippen molar-refractivity contribution in [2.75, 3.05) is 19.6 Å². The van der Waals surface area contributed by atoms with E-state index in [4.69, 9.17) is 0 Å². The van der Waals surface area contributed by atoms with Crippen molar-refractivity contribution >= 4 is 10.2 Å². The Hall–Kier alpha value is -2.20. The number of piperidine rings is 1. The van der Waals surface area contributed by atoms with E-state index in [2.05, 4.69) is 16.8 Å². The summed E-state index contributed by atoms with van der Waals surface area (Å²) in [6, 6.07) is 11.8. The van der Waals surface area contributed by atoms with Crippen LogP contribution < -0.4 is 0 Å². The molecule has 0 aliphatic carbocycles. The number of rotatable bonds is 2. The maximum absolute atomic E-state index is 12.9. The van der Waals surface area contributed by atoms with Gasteiger partial charge in [0.1, 0.15) is 0 Å². The van der Waals surface area contributed by atoms with Crippen molar-refractivity contribution in [3.63, 3.8) is 0 Å². The highest BCUT2D eigenvalue weighted by Crippen LogP contribution is 2.24. The fourth-order valence-electron chi connectivity index (χ4n) is 3.59. The molecule has 6 heteroatoms. The van der Waals surface area contributed by atoms with Gasteiger partial charge in [0.2, 0.25) is 0 Å². The summed E-state index contributed by atoms with van der Waals surface area (Å²) in [5.74, 6) is 6.27. The molecule has 0 amide bonds. The zero-order chi connectivity index (χ0) is 18.7. The van der Waals surface area contributed by atoms with Crippen LogP contribution in [-0.2, 0) is 23.2 Å². The van der Waals surface area contributed by atoms with Crippen molar-refractivity contribution in [3.8, 4) is 11.8 Å². The SMILES string of the molecule is O=S(=O)(N1CCCCC1)N1CCc2ncc(C#Cc3ccccc3)cc2C1. The normalized spacial score (nSPS) is 18.4. The maximum Gasteiger partial charge on any atom is 0.282 e. The lowest BCUT2D eigenvalue weighted by molar-refractivity contribution is 0.294. The molecule has 3 heterocycles. The number of benzene rings is 1. The molecule has 1 aromatic heterocycles. The highest BCUT2D eigenvalue weighted by atomic mass is 32.2. The average Bonchev–Trinajstić information content (AvgIpc) is 2.73. The van der Waals surface area contributed by atoms with Gasteiger partial charge in [0, 0.05) is 55.6 Å². The minimum Gasteiger partial charge on any atom is -0.260 e. The van der Waals surface area contributed by atoms with Crippen molar-refractivity contribution in [3.05, 3.63) is 65.0 Å². The van der Waals surface area contributed by atoms with E-state index in [9.17, 15) is 8.42 Å². The summed E-state index contributed by atoms with van der Waals surface area (Å²) < 4.78 is 29.1. The number of hydrogen-bond donors (Lipinski definition) is 0. The maximum atomic E-state index is 12.9. The van der Waals surface area contributed by atoms with E-state index in [1.54, 1.807) is 14.8 Å². The second kappa shape index (κ2) is 7.81. The minimum absolute atomic E-state index is 0.377. The van der Waals surface area contributed by atoms with Crippen LogP contribution in [-0.4, -0.2) is 41.6 Å². The van der Waals surface area contributed by atoms with Crippen LogP contribution in [0.5, 0.6) is 0 Å². The first-order valence-corrected chi connectivity index (χ1v) is 10.8. The lowest BCUT2D eigenvalue weighted by Crippen LogP contribution is -2.47. The molecule has 0 N–H and O–H groups in total. The number of pyridine rings is 1. The van der Waals surface area contributed by atoms with Crippen LogP contribution in [0, 0.1) is 11.8 Å². The van der Waals surface area contributed by atoms with E-state index >= 15 is 0 Å². The molecule has 0 spiro atoms. The fourth-order valence-corrected chi connectivity index (χ4v) is 5.26. The quantitative estimate of drug-likeness (QED) is 0.752. The second-order valence-electron chi connectivity index (χ2n) is 7.00. The van der Waals surface area contributed by atoms with Crippen molar-refractivity contribution in [2.24, 2.45) is 0 Å². The highest BCUT2D eigenvalue weighted by molar-refractivity contribution is 7.86. The third-order valence-electron chi connectivity index (χ3n) is 5.10. The average molecular weight is 382 g/mol. The van der Waals surface area contributed by atoms with Crippen LogP contribution >= 0.6 is 0 Å². The summed E-state index contributed by atoms with van der Waals surface area (Å²) in [6.45, 7) is 2.13. The summed E-state index contributed by atoms with van der Waals surface area (Å²) in [6.07, 6.45) is 5.44. The van der Waals surface area contributed by atoms with Crippen molar-refractivity contribution in [2.45, 2.75) is 32.2 Å². The predicted octanol–water partition coefficient (Wildman–Crippen LogP) is 2.57. The molecule has 0 unspecified atom stereocenters. The monoisotopic (exact) mass is 381 g/mol. The fraction of sp³-hybridized carbons (Fsp3) is 0.381. The summed E-state index contributed by atoms with van der Waals surface area (Å²) in [5.41, 5.74) is 3.70. The third kappa shape index (κ3) is 4.06. The van der Waals surface area contributed by atoms with Gasteiger partial charge in [-0.1, -0.05) is 36.5 Å². The van der Waals surface area contributed by atoms with Gasteiger partial charge < -0.3 is 0 Å². The van der Waals surface area contributed by atoms with E-state index in [1.165, 1.54) is 0 Å². The van der Waals surface area contributed by atoms with Crippen LogP contribution in [0.15, 0.2) is 42.6 Å². The molecular weight excluding hydrogens is 358 g/mol. The summed E-state index contributed by atoms with van der Waals surface area (Å²) in [5, 5.41) is 0. The summed E-state index contributed by atoms with van der Waals surface area (Å²) in [4.78, 5) is 4.52. The molecule has 1 fully saturated rings. The molecule has 140 valence electrons. The Bertz CT molecular complexity index is 971. The smallest absolute Gasteiger partial charge is 0.260 e. The standard InChI is InChI=1S/C21H23N3O2S/c25-27(26,23-12-5-2-6-13-23)24-14-11-21-20(17-24)15-19(16-22-21)10-9-18-7-3-1-4-8-18/h1,3-4,7-8,15-16H,2,5-6,11-14,17H2. The molecule has 2 aliphatic heterocycles. The van der Waals surface area contributed by atoms with E-state index in [0.29, 0.717) is 32.6 Å². The molecule has 0 saturated carbocycles. The Kier molecular flexibility index (Phi) is 5.26. The number of fused-ring (bicyclic) bond motifs is 1. The summed E-state index contributed by atoms with van der Waals surface area (Å²) >= 11 is 0. The van der Waals surface area contributed by atoms with E-state index in [-0.39, 0.29) is 0 Å². The second-order valence-corrected chi connectivity index (χ2v) is 8.93. The highest BCUT2D eigenvalue weighted by Gasteiger charge is 2.33. The molecule has 4 rings (SSSR count). The zero-order valence-electron chi connectivity index (χ0n) is 15.3. The van der Waals surface area contributed by atoms with Gasteiger partial charge in [0.05, 0.1) is 0 Å². The molecule has 1 saturated heterocycles. The van der Waals surface area contributed by atoms with Gasteiger partial charge in [-0.3, -0.25) is 4.98 Å². The lowest BCUT2D eigenvalue weighted by Gasteiger charge is -2.34. The Labute approximate surface area is 161 Å². The van der Waals surface area contributed by atoms with Crippen LogP contribution in [0.25, 0.3) is 0 Å². The van der Waals surface area contributed by atoms with Crippen LogP contribution in [0.3, 0.4) is 0 Å². The first-order valence-electron chi connectivity index (χ1n) is 9.43. The van der Waals surface area contributed by atoms with Gasteiger partial charge >= 0.3 is 0 Å². The van der Waals surface area contributed by atoms with Crippen molar-refractivity contribution < 1.29 is 8.42 Å². The van der Waals surface area contributed by atoms with Gasteiger partial charge in [0.25, 0.3) is 10.2 Å². The lowest BCUT2D eigenvalue weighted by atomic mass is 10.1. The van der Waals surface area contributed by atoms with Crippen LogP contribution in [0.2, 0.25) is 0 Å². The van der Waals surface area contributed by atoms with Gasteiger partial charge in [-0.25, -0.2) is 0 Å².